The minimum atomic E-state index is 0.00145. The summed E-state index contributed by atoms with van der Waals surface area (Å²) in [4.78, 5) is 11.3. The maximum atomic E-state index is 11.3. The molecule has 1 aromatic carbocycles. The molecule has 3 rings (SSSR count). The van der Waals surface area contributed by atoms with E-state index < -0.39 is 0 Å². The van der Waals surface area contributed by atoms with Crippen LogP contribution < -0.4 is 5.32 Å². The lowest BCUT2D eigenvalue weighted by atomic mass is 9.74. The zero-order chi connectivity index (χ0) is 16.4. The Morgan fingerprint density at radius 3 is 2.70 bits per heavy atom. The Bertz CT molecular complexity index is 625. The number of rotatable bonds is 4. The monoisotopic (exact) mass is 313 g/mol. The first-order chi connectivity index (χ1) is 11.1. The fraction of sp³-hybridized carbons (Fsp3) is 0.550. The molecule has 1 aliphatic heterocycles. The zero-order valence-corrected chi connectivity index (χ0v) is 14.4. The molecule has 0 saturated heterocycles. The van der Waals surface area contributed by atoms with Crippen LogP contribution in [0.4, 0.5) is 0 Å². The molecule has 0 atom stereocenters. The Kier molecular flexibility index (Phi) is 4.69. The van der Waals surface area contributed by atoms with Crippen LogP contribution in [0.1, 0.15) is 48.8 Å². The maximum Gasteiger partial charge on any atom is 0.124 e. The van der Waals surface area contributed by atoms with E-state index in [1.165, 1.54) is 27.8 Å². The fourth-order valence-electron chi connectivity index (χ4n) is 4.28. The lowest BCUT2D eigenvalue weighted by molar-refractivity contribution is -0.107. The van der Waals surface area contributed by atoms with E-state index in [9.17, 15) is 4.79 Å². The highest BCUT2D eigenvalue weighted by Gasteiger charge is 2.43. The highest BCUT2D eigenvalue weighted by atomic mass is 16.5. The van der Waals surface area contributed by atoms with Gasteiger partial charge in [0.25, 0.3) is 0 Å². The summed E-state index contributed by atoms with van der Waals surface area (Å²) in [5, 5.41) is 3.76. The van der Waals surface area contributed by atoms with E-state index in [-0.39, 0.29) is 5.54 Å². The lowest BCUT2D eigenvalue weighted by Gasteiger charge is -2.39. The van der Waals surface area contributed by atoms with Gasteiger partial charge in [0.05, 0.1) is 6.10 Å². The molecule has 1 aromatic rings. The van der Waals surface area contributed by atoms with E-state index in [0.29, 0.717) is 12.5 Å². The van der Waals surface area contributed by atoms with Crippen LogP contribution in [0.5, 0.6) is 0 Å². The van der Waals surface area contributed by atoms with Gasteiger partial charge in [-0.25, -0.2) is 0 Å². The number of ether oxygens (including phenoxy) is 1. The number of carbonyl (C=O) groups is 1. The molecule has 0 aromatic heterocycles. The van der Waals surface area contributed by atoms with Crippen LogP contribution in [0, 0.1) is 13.8 Å². The predicted octanol–water partition coefficient (Wildman–Crippen LogP) is 3.58. The summed E-state index contributed by atoms with van der Waals surface area (Å²) in [5.74, 6) is 0. The van der Waals surface area contributed by atoms with Gasteiger partial charge in [-0.1, -0.05) is 23.8 Å². The molecule has 1 heterocycles. The van der Waals surface area contributed by atoms with Crippen molar-refractivity contribution >= 4 is 11.9 Å². The van der Waals surface area contributed by atoms with E-state index in [4.69, 9.17) is 4.74 Å². The molecule has 23 heavy (non-hydrogen) atoms. The van der Waals surface area contributed by atoms with Crippen molar-refractivity contribution in [3.8, 4) is 0 Å². The van der Waals surface area contributed by atoms with Crippen molar-refractivity contribution in [1.82, 2.24) is 5.32 Å². The first-order valence-corrected chi connectivity index (χ1v) is 8.61. The number of methoxy groups -OCH3 is 1. The average molecular weight is 313 g/mol. The molecule has 0 bridgehead atoms. The largest absolute Gasteiger partial charge is 0.381 e. The second kappa shape index (κ2) is 6.58. The van der Waals surface area contributed by atoms with Gasteiger partial charge in [0, 0.05) is 25.6 Å². The third-order valence-electron chi connectivity index (χ3n) is 5.67. The van der Waals surface area contributed by atoms with Crippen molar-refractivity contribution in [1.29, 1.82) is 0 Å². The molecule has 2 aliphatic rings. The van der Waals surface area contributed by atoms with E-state index >= 15 is 0 Å². The molecule has 3 heteroatoms. The van der Waals surface area contributed by atoms with E-state index in [0.717, 1.165) is 38.5 Å². The van der Waals surface area contributed by atoms with Crippen molar-refractivity contribution in [2.24, 2.45) is 0 Å². The van der Waals surface area contributed by atoms with Gasteiger partial charge in [0.2, 0.25) is 0 Å². The Labute approximate surface area is 139 Å². The van der Waals surface area contributed by atoms with Gasteiger partial charge in [-0.2, -0.15) is 0 Å². The number of aldehydes is 1. The number of carbonyl (C=O) groups excluding carboxylic acids is 1. The second-order valence-corrected chi connectivity index (χ2v) is 7.02. The van der Waals surface area contributed by atoms with Crippen molar-refractivity contribution in [3.05, 3.63) is 40.5 Å². The Hall–Kier alpha value is -1.45. The number of hydrogen-bond acceptors (Lipinski definition) is 3. The molecule has 1 spiro atoms. The van der Waals surface area contributed by atoms with E-state index in [1.807, 2.05) is 0 Å². The fourth-order valence-corrected chi connectivity index (χ4v) is 4.28. The smallest absolute Gasteiger partial charge is 0.124 e. The molecule has 3 nitrogen and oxygen atoms in total. The quantitative estimate of drug-likeness (QED) is 0.864. The standard InChI is InChI=1S/C20H27NO2/c1-14-4-5-15(2)17(12-14)18-13-21-20(19(18)8-11-22)9-6-16(23-3)7-10-20/h4-5,11-12,16,21H,6-10,13H2,1-3H3. The van der Waals surface area contributed by atoms with Gasteiger partial charge < -0.3 is 14.8 Å². The summed E-state index contributed by atoms with van der Waals surface area (Å²) in [6, 6.07) is 6.60. The van der Waals surface area contributed by atoms with Crippen LogP contribution in [0.3, 0.4) is 0 Å². The molecular formula is C20H27NO2. The van der Waals surface area contributed by atoms with Crippen LogP contribution in [-0.4, -0.2) is 31.6 Å². The molecule has 1 saturated carbocycles. The van der Waals surface area contributed by atoms with E-state index in [2.05, 4.69) is 37.4 Å². The van der Waals surface area contributed by atoms with Crippen LogP contribution in [0.15, 0.2) is 23.8 Å². The number of hydrogen-bond donors (Lipinski definition) is 1. The lowest BCUT2D eigenvalue weighted by Crippen LogP contribution is -2.47. The maximum absolute atomic E-state index is 11.3. The summed E-state index contributed by atoms with van der Waals surface area (Å²) < 4.78 is 5.52. The second-order valence-electron chi connectivity index (χ2n) is 7.02. The summed E-state index contributed by atoms with van der Waals surface area (Å²) in [6.07, 6.45) is 6.21. The SMILES string of the molecule is COC1CCC2(CC1)NCC(c1cc(C)ccc1C)=C2CC=O. The van der Waals surface area contributed by atoms with Crippen molar-refractivity contribution < 1.29 is 9.53 Å². The van der Waals surface area contributed by atoms with Gasteiger partial charge in [-0.05, 0) is 61.8 Å². The van der Waals surface area contributed by atoms with Crippen molar-refractivity contribution in [3.63, 3.8) is 0 Å². The minimum absolute atomic E-state index is 0.00145. The molecule has 0 amide bonds. The Morgan fingerprint density at radius 1 is 1.30 bits per heavy atom. The predicted molar refractivity (Wildman–Crippen MR) is 93.5 cm³/mol. The van der Waals surface area contributed by atoms with Crippen LogP contribution in [0.25, 0.3) is 5.57 Å². The van der Waals surface area contributed by atoms with Crippen LogP contribution in [-0.2, 0) is 9.53 Å². The number of aryl methyl sites for hydroxylation is 2. The van der Waals surface area contributed by atoms with E-state index in [1.54, 1.807) is 7.11 Å². The molecule has 1 fully saturated rings. The average Bonchev–Trinajstić information content (AvgIpc) is 2.89. The third kappa shape index (κ3) is 3.00. The minimum Gasteiger partial charge on any atom is -0.381 e. The van der Waals surface area contributed by atoms with Crippen LogP contribution >= 0.6 is 0 Å². The number of nitrogens with one attached hydrogen (secondary N) is 1. The molecular weight excluding hydrogens is 286 g/mol. The molecule has 0 unspecified atom stereocenters. The Morgan fingerprint density at radius 2 is 2.04 bits per heavy atom. The first kappa shape index (κ1) is 16.4. The van der Waals surface area contributed by atoms with Crippen LogP contribution in [0.2, 0.25) is 0 Å². The third-order valence-corrected chi connectivity index (χ3v) is 5.67. The molecule has 0 radical (unpaired) electrons. The molecule has 1 aliphatic carbocycles. The van der Waals surface area contributed by atoms with Crippen molar-refractivity contribution in [2.75, 3.05) is 13.7 Å². The highest BCUT2D eigenvalue weighted by molar-refractivity contribution is 5.79. The highest BCUT2D eigenvalue weighted by Crippen LogP contribution is 2.44. The summed E-state index contributed by atoms with van der Waals surface area (Å²) in [7, 11) is 1.80. The molecule has 124 valence electrons. The van der Waals surface area contributed by atoms with Gasteiger partial charge in [0.15, 0.2) is 0 Å². The van der Waals surface area contributed by atoms with Gasteiger partial charge >= 0.3 is 0 Å². The van der Waals surface area contributed by atoms with Gasteiger partial charge in [0.1, 0.15) is 6.29 Å². The topological polar surface area (TPSA) is 38.3 Å². The van der Waals surface area contributed by atoms with Crippen molar-refractivity contribution in [2.45, 2.75) is 57.6 Å². The summed E-state index contributed by atoms with van der Waals surface area (Å²) in [6.45, 7) is 5.16. The normalized spacial score (nSPS) is 27.7. The zero-order valence-electron chi connectivity index (χ0n) is 14.4. The first-order valence-electron chi connectivity index (χ1n) is 8.61. The van der Waals surface area contributed by atoms with Gasteiger partial charge in [-0.3, -0.25) is 0 Å². The van der Waals surface area contributed by atoms with Gasteiger partial charge in [-0.15, -0.1) is 0 Å². The summed E-state index contributed by atoms with van der Waals surface area (Å²) in [5.41, 5.74) is 6.53. The molecule has 1 N–H and O–H groups in total. The number of benzene rings is 1. The summed E-state index contributed by atoms with van der Waals surface area (Å²) >= 11 is 0. The Balaban J connectivity index is 2.00.